The standard InChI is InChI=1S/C13H21N3/c1-3-11-4-5-12(14)10-13(11)16-8-6-15(2)7-9-16/h4-5,10H,3,6-9,14H2,1-2H3. The molecule has 1 saturated heterocycles. The number of benzene rings is 1. The number of nitrogen functional groups attached to an aromatic ring is 1. The van der Waals surface area contributed by atoms with E-state index in [1.807, 2.05) is 6.07 Å². The van der Waals surface area contributed by atoms with Crippen LogP contribution in [0.4, 0.5) is 11.4 Å². The lowest BCUT2D eigenvalue weighted by atomic mass is 10.1. The monoisotopic (exact) mass is 219 g/mol. The van der Waals surface area contributed by atoms with Gasteiger partial charge in [0.05, 0.1) is 0 Å². The van der Waals surface area contributed by atoms with Crippen LogP contribution in [-0.2, 0) is 6.42 Å². The fourth-order valence-electron chi connectivity index (χ4n) is 2.22. The van der Waals surface area contributed by atoms with Gasteiger partial charge in [-0.3, -0.25) is 0 Å². The van der Waals surface area contributed by atoms with Crippen LogP contribution in [0.25, 0.3) is 0 Å². The minimum Gasteiger partial charge on any atom is -0.399 e. The van der Waals surface area contributed by atoms with Crippen molar-refractivity contribution >= 4 is 11.4 Å². The lowest BCUT2D eigenvalue weighted by Gasteiger charge is -2.35. The second-order valence-electron chi connectivity index (χ2n) is 4.53. The molecule has 1 fully saturated rings. The highest BCUT2D eigenvalue weighted by Crippen LogP contribution is 2.25. The van der Waals surface area contributed by atoms with Gasteiger partial charge in [0.1, 0.15) is 0 Å². The van der Waals surface area contributed by atoms with Gasteiger partial charge in [0.15, 0.2) is 0 Å². The average molecular weight is 219 g/mol. The third-order valence-electron chi connectivity index (χ3n) is 3.33. The largest absolute Gasteiger partial charge is 0.399 e. The summed E-state index contributed by atoms with van der Waals surface area (Å²) in [6.45, 7) is 6.68. The maximum absolute atomic E-state index is 5.88. The second-order valence-corrected chi connectivity index (χ2v) is 4.53. The number of aryl methyl sites for hydroxylation is 1. The summed E-state index contributed by atoms with van der Waals surface area (Å²) in [6, 6.07) is 6.27. The van der Waals surface area contributed by atoms with Crippen molar-refractivity contribution in [3.05, 3.63) is 23.8 Å². The fraction of sp³-hybridized carbons (Fsp3) is 0.538. The zero-order valence-electron chi connectivity index (χ0n) is 10.2. The molecule has 1 aliphatic rings. The molecule has 0 bridgehead atoms. The third kappa shape index (κ3) is 2.30. The molecule has 3 heteroatoms. The quantitative estimate of drug-likeness (QED) is 0.767. The molecule has 1 heterocycles. The molecule has 0 saturated carbocycles. The smallest absolute Gasteiger partial charge is 0.0420 e. The van der Waals surface area contributed by atoms with Crippen molar-refractivity contribution in [2.75, 3.05) is 43.9 Å². The molecular formula is C13H21N3. The van der Waals surface area contributed by atoms with Crippen LogP contribution in [0, 0.1) is 0 Å². The highest BCUT2D eigenvalue weighted by atomic mass is 15.2. The Labute approximate surface area is 97.8 Å². The Morgan fingerprint density at radius 2 is 1.88 bits per heavy atom. The molecule has 0 spiro atoms. The zero-order valence-corrected chi connectivity index (χ0v) is 10.2. The summed E-state index contributed by atoms with van der Waals surface area (Å²) in [5, 5.41) is 0. The minimum atomic E-state index is 0.867. The molecule has 0 aliphatic carbocycles. The van der Waals surface area contributed by atoms with E-state index in [0.29, 0.717) is 0 Å². The molecule has 0 radical (unpaired) electrons. The Bertz CT molecular complexity index is 354. The van der Waals surface area contributed by atoms with Crippen molar-refractivity contribution in [1.82, 2.24) is 4.90 Å². The third-order valence-corrected chi connectivity index (χ3v) is 3.33. The highest BCUT2D eigenvalue weighted by molar-refractivity contribution is 5.61. The highest BCUT2D eigenvalue weighted by Gasteiger charge is 2.16. The first-order valence-electron chi connectivity index (χ1n) is 6.02. The van der Waals surface area contributed by atoms with Crippen molar-refractivity contribution in [3.63, 3.8) is 0 Å². The lowest BCUT2D eigenvalue weighted by Crippen LogP contribution is -2.44. The Morgan fingerprint density at radius 1 is 1.19 bits per heavy atom. The van der Waals surface area contributed by atoms with Crippen molar-refractivity contribution in [2.45, 2.75) is 13.3 Å². The van der Waals surface area contributed by atoms with E-state index in [1.165, 1.54) is 11.3 Å². The van der Waals surface area contributed by atoms with Crippen molar-refractivity contribution < 1.29 is 0 Å². The molecule has 1 aliphatic heterocycles. The summed E-state index contributed by atoms with van der Waals surface area (Å²) in [5.41, 5.74) is 9.48. The van der Waals surface area contributed by atoms with Crippen molar-refractivity contribution in [1.29, 1.82) is 0 Å². The number of hydrogen-bond acceptors (Lipinski definition) is 3. The molecule has 0 unspecified atom stereocenters. The molecule has 3 nitrogen and oxygen atoms in total. The topological polar surface area (TPSA) is 32.5 Å². The average Bonchev–Trinajstić information content (AvgIpc) is 2.30. The van der Waals surface area contributed by atoms with Crippen LogP contribution >= 0.6 is 0 Å². The Kier molecular flexibility index (Phi) is 3.34. The molecule has 2 N–H and O–H groups in total. The molecule has 0 atom stereocenters. The van der Waals surface area contributed by atoms with Gasteiger partial charge >= 0.3 is 0 Å². The van der Waals surface area contributed by atoms with Crippen LogP contribution in [0.15, 0.2) is 18.2 Å². The van der Waals surface area contributed by atoms with E-state index in [9.17, 15) is 0 Å². The number of likely N-dealkylation sites (N-methyl/N-ethyl adjacent to an activating group) is 1. The van der Waals surface area contributed by atoms with Crippen LogP contribution in [-0.4, -0.2) is 38.1 Å². The van der Waals surface area contributed by atoms with Crippen LogP contribution in [0.2, 0.25) is 0 Å². The van der Waals surface area contributed by atoms with Gasteiger partial charge in [-0.15, -0.1) is 0 Å². The maximum Gasteiger partial charge on any atom is 0.0420 e. The Morgan fingerprint density at radius 3 is 2.50 bits per heavy atom. The van der Waals surface area contributed by atoms with Gasteiger partial charge < -0.3 is 15.5 Å². The normalized spacial score (nSPS) is 17.8. The Balaban J connectivity index is 2.21. The van der Waals surface area contributed by atoms with Gasteiger partial charge in [-0.1, -0.05) is 13.0 Å². The number of piperazine rings is 1. The van der Waals surface area contributed by atoms with Gasteiger partial charge in [-0.05, 0) is 31.2 Å². The van der Waals surface area contributed by atoms with Gasteiger partial charge in [0, 0.05) is 37.6 Å². The second kappa shape index (κ2) is 4.74. The number of hydrogen-bond donors (Lipinski definition) is 1. The van der Waals surface area contributed by atoms with E-state index in [-0.39, 0.29) is 0 Å². The van der Waals surface area contributed by atoms with Crippen LogP contribution in [0.5, 0.6) is 0 Å². The minimum absolute atomic E-state index is 0.867. The molecule has 0 aromatic heterocycles. The predicted molar refractivity (Wildman–Crippen MR) is 69.9 cm³/mol. The first-order chi connectivity index (χ1) is 7.70. The van der Waals surface area contributed by atoms with Gasteiger partial charge in [0.2, 0.25) is 0 Å². The van der Waals surface area contributed by atoms with E-state index in [4.69, 9.17) is 5.73 Å². The molecule has 88 valence electrons. The SMILES string of the molecule is CCc1ccc(N)cc1N1CCN(C)CC1. The summed E-state index contributed by atoms with van der Waals surface area (Å²) in [6.07, 6.45) is 1.07. The number of rotatable bonds is 2. The van der Waals surface area contributed by atoms with Crippen LogP contribution in [0.1, 0.15) is 12.5 Å². The Hall–Kier alpha value is -1.22. The van der Waals surface area contributed by atoms with E-state index >= 15 is 0 Å². The maximum atomic E-state index is 5.88. The predicted octanol–water partition coefficient (Wildman–Crippen LogP) is 1.58. The molecule has 1 aromatic carbocycles. The van der Waals surface area contributed by atoms with Gasteiger partial charge in [0.25, 0.3) is 0 Å². The number of anilines is 2. The molecule has 1 aromatic rings. The van der Waals surface area contributed by atoms with E-state index in [2.05, 4.69) is 35.9 Å². The van der Waals surface area contributed by atoms with Gasteiger partial charge in [-0.25, -0.2) is 0 Å². The van der Waals surface area contributed by atoms with E-state index < -0.39 is 0 Å². The summed E-state index contributed by atoms with van der Waals surface area (Å²) < 4.78 is 0. The molecular weight excluding hydrogens is 198 g/mol. The first-order valence-corrected chi connectivity index (χ1v) is 6.02. The summed E-state index contributed by atoms with van der Waals surface area (Å²) in [5.74, 6) is 0. The van der Waals surface area contributed by atoms with E-state index in [1.54, 1.807) is 0 Å². The van der Waals surface area contributed by atoms with E-state index in [0.717, 1.165) is 38.3 Å². The number of nitrogens with two attached hydrogens (primary N) is 1. The lowest BCUT2D eigenvalue weighted by molar-refractivity contribution is 0.312. The van der Waals surface area contributed by atoms with Crippen LogP contribution in [0.3, 0.4) is 0 Å². The molecule has 2 rings (SSSR count). The number of nitrogens with zero attached hydrogens (tertiary/aromatic N) is 2. The summed E-state index contributed by atoms with van der Waals surface area (Å²) in [7, 11) is 2.18. The van der Waals surface area contributed by atoms with Crippen LogP contribution < -0.4 is 10.6 Å². The van der Waals surface area contributed by atoms with Gasteiger partial charge in [-0.2, -0.15) is 0 Å². The molecule has 0 amide bonds. The molecule has 16 heavy (non-hydrogen) atoms. The zero-order chi connectivity index (χ0) is 11.5. The van der Waals surface area contributed by atoms with Crippen molar-refractivity contribution in [2.24, 2.45) is 0 Å². The summed E-state index contributed by atoms with van der Waals surface area (Å²) >= 11 is 0. The fourth-order valence-corrected chi connectivity index (χ4v) is 2.22. The van der Waals surface area contributed by atoms with Crippen molar-refractivity contribution in [3.8, 4) is 0 Å². The first kappa shape index (κ1) is 11.3. The summed E-state index contributed by atoms with van der Waals surface area (Å²) in [4.78, 5) is 4.82.